The summed E-state index contributed by atoms with van der Waals surface area (Å²) in [6.45, 7) is 10.2. The van der Waals surface area contributed by atoms with E-state index in [1.54, 1.807) is 11.3 Å². The first-order valence-corrected chi connectivity index (χ1v) is 9.58. The molecule has 0 spiro atoms. The van der Waals surface area contributed by atoms with Gasteiger partial charge in [-0.25, -0.2) is 9.78 Å². The lowest BCUT2D eigenvalue weighted by Gasteiger charge is -2.35. The number of piperazine rings is 1. The number of rotatable bonds is 4. The number of aryl methyl sites for hydroxylation is 1. The summed E-state index contributed by atoms with van der Waals surface area (Å²) < 4.78 is 0. The van der Waals surface area contributed by atoms with Crippen molar-refractivity contribution in [2.45, 2.75) is 26.2 Å². The van der Waals surface area contributed by atoms with Crippen LogP contribution in [0.4, 0.5) is 9.93 Å². The largest absolute Gasteiger partial charge is 0.345 e. The molecule has 6 heteroatoms. The highest BCUT2D eigenvalue weighted by Gasteiger charge is 2.25. The summed E-state index contributed by atoms with van der Waals surface area (Å²) in [7, 11) is 0. The lowest BCUT2D eigenvalue weighted by atomic mass is 9.84. The summed E-state index contributed by atoms with van der Waals surface area (Å²) in [5.74, 6) is 0. The summed E-state index contributed by atoms with van der Waals surface area (Å²) >= 11 is 1.65. The van der Waals surface area contributed by atoms with Gasteiger partial charge in [-0.05, 0) is 12.5 Å². The van der Waals surface area contributed by atoms with Gasteiger partial charge in [0, 0.05) is 49.7 Å². The number of hydrogen-bond donors (Lipinski definition) is 1. The minimum absolute atomic E-state index is 0.0268. The Bertz CT molecular complexity index is 689. The molecule has 1 aliphatic rings. The molecule has 0 aliphatic carbocycles. The molecule has 1 aromatic carbocycles. The molecule has 0 bridgehead atoms. The zero-order valence-corrected chi connectivity index (χ0v) is 16.0. The van der Waals surface area contributed by atoms with Crippen molar-refractivity contribution in [3.63, 3.8) is 0 Å². The number of carbonyl (C=O) groups excluding carboxylic acids is 1. The van der Waals surface area contributed by atoms with Crippen molar-refractivity contribution in [2.24, 2.45) is 0 Å². The van der Waals surface area contributed by atoms with Crippen LogP contribution in [0.15, 0.2) is 35.8 Å². The molecule has 5 nitrogen and oxygen atoms in total. The molecule has 0 radical (unpaired) electrons. The summed E-state index contributed by atoms with van der Waals surface area (Å²) in [6.07, 6.45) is 1.83. The molecule has 1 fully saturated rings. The summed E-state index contributed by atoms with van der Waals surface area (Å²) in [6, 6.07) is 8.56. The van der Waals surface area contributed by atoms with Gasteiger partial charge in [0.25, 0.3) is 0 Å². The van der Waals surface area contributed by atoms with Gasteiger partial charge in [0.05, 0.1) is 0 Å². The predicted molar refractivity (Wildman–Crippen MR) is 104 cm³/mol. The number of carbonyl (C=O) groups is 1. The highest BCUT2D eigenvalue weighted by Crippen LogP contribution is 2.23. The van der Waals surface area contributed by atoms with Crippen LogP contribution in [0, 0.1) is 6.92 Å². The minimum atomic E-state index is -0.0912. The SMILES string of the molecule is Cc1ccc(C(C)(C)CNC(=O)N2CCN(c3nccs3)CC2)cc1. The van der Waals surface area contributed by atoms with Crippen molar-refractivity contribution < 1.29 is 4.79 Å². The normalized spacial score (nSPS) is 15.3. The molecule has 1 N–H and O–H groups in total. The molecule has 0 unspecified atom stereocenters. The number of aromatic nitrogens is 1. The van der Waals surface area contributed by atoms with Crippen LogP contribution in [-0.4, -0.2) is 48.6 Å². The van der Waals surface area contributed by atoms with Crippen LogP contribution in [0.2, 0.25) is 0 Å². The topological polar surface area (TPSA) is 48.5 Å². The Balaban J connectivity index is 1.50. The Morgan fingerprint density at radius 3 is 2.48 bits per heavy atom. The quantitative estimate of drug-likeness (QED) is 0.913. The van der Waals surface area contributed by atoms with Crippen LogP contribution in [0.3, 0.4) is 0 Å². The van der Waals surface area contributed by atoms with Gasteiger partial charge in [-0.1, -0.05) is 43.7 Å². The average Bonchev–Trinajstić information content (AvgIpc) is 3.15. The van der Waals surface area contributed by atoms with Gasteiger partial charge in [-0.15, -0.1) is 11.3 Å². The maximum absolute atomic E-state index is 12.5. The van der Waals surface area contributed by atoms with Crippen molar-refractivity contribution in [2.75, 3.05) is 37.6 Å². The summed E-state index contributed by atoms with van der Waals surface area (Å²) in [5, 5.41) is 6.14. The van der Waals surface area contributed by atoms with E-state index in [4.69, 9.17) is 0 Å². The van der Waals surface area contributed by atoms with Crippen LogP contribution in [0.25, 0.3) is 0 Å². The number of amides is 2. The van der Waals surface area contributed by atoms with Gasteiger partial charge in [0.1, 0.15) is 0 Å². The molecule has 2 amide bonds. The van der Waals surface area contributed by atoms with E-state index in [0.29, 0.717) is 6.54 Å². The maximum atomic E-state index is 12.5. The molecular weight excluding hydrogens is 332 g/mol. The first-order valence-electron chi connectivity index (χ1n) is 8.70. The van der Waals surface area contributed by atoms with E-state index in [9.17, 15) is 4.79 Å². The second kappa shape index (κ2) is 7.44. The third-order valence-corrected chi connectivity index (χ3v) is 5.60. The van der Waals surface area contributed by atoms with Gasteiger partial charge in [0.15, 0.2) is 5.13 Å². The van der Waals surface area contributed by atoms with Crippen LogP contribution in [0.1, 0.15) is 25.0 Å². The van der Waals surface area contributed by atoms with E-state index < -0.39 is 0 Å². The van der Waals surface area contributed by atoms with Crippen molar-refractivity contribution in [1.82, 2.24) is 15.2 Å². The fourth-order valence-corrected chi connectivity index (χ4v) is 3.68. The monoisotopic (exact) mass is 358 g/mol. The number of anilines is 1. The molecule has 0 atom stereocenters. The first kappa shape index (κ1) is 17.7. The zero-order chi connectivity index (χ0) is 17.9. The zero-order valence-electron chi connectivity index (χ0n) is 15.2. The third kappa shape index (κ3) is 4.31. The summed E-state index contributed by atoms with van der Waals surface area (Å²) in [5.41, 5.74) is 2.40. The van der Waals surface area contributed by atoms with Crippen LogP contribution in [-0.2, 0) is 5.41 Å². The second-order valence-corrected chi connectivity index (χ2v) is 8.07. The molecule has 3 rings (SSSR count). The van der Waals surface area contributed by atoms with Crippen molar-refractivity contribution in [3.8, 4) is 0 Å². The molecule has 25 heavy (non-hydrogen) atoms. The highest BCUT2D eigenvalue weighted by molar-refractivity contribution is 7.13. The van der Waals surface area contributed by atoms with E-state index in [1.165, 1.54) is 11.1 Å². The Morgan fingerprint density at radius 2 is 1.88 bits per heavy atom. The number of urea groups is 1. The average molecular weight is 359 g/mol. The molecule has 1 aliphatic heterocycles. The number of thiazole rings is 1. The molecule has 1 saturated heterocycles. The Hall–Kier alpha value is -2.08. The number of hydrogen-bond acceptors (Lipinski definition) is 4. The number of benzene rings is 1. The highest BCUT2D eigenvalue weighted by atomic mass is 32.1. The van der Waals surface area contributed by atoms with Gasteiger partial charge in [-0.2, -0.15) is 0 Å². The van der Waals surface area contributed by atoms with Gasteiger partial charge in [0.2, 0.25) is 0 Å². The molecule has 2 aromatic rings. The minimum Gasteiger partial charge on any atom is -0.345 e. The Kier molecular flexibility index (Phi) is 5.27. The standard InChI is InChI=1S/C19H26N4OS/c1-15-4-6-16(7-5-15)19(2,3)14-21-17(24)22-9-11-23(12-10-22)18-20-8-13-25-18/h4-8,13H,9-12,14H2,1-3H3,(H,21,24). The van der Waals surface area contributed by atoms with E-state index in [0.717, 1.165) is 31.3 Å². The van der Waals surface area contributed by atoms with Gasteiger partial charge < -0.3 is 15.1 Å². The van der Waals surface area contributed by atoms with E-state index >= 15 is 0 Å². The lowest BCUT2D eigenvalue weighted by molar-refractivity contribution is 0.192. The van der Waals surface area contributed by atoms with E-state index in [2.05, 4.69) is 60.2 Å². The van der Waals surface area contributed by atoms with E-state index in [1.807, 2.05) is 16.5 Å². The van der Waals surface area contributed by atoms with Crippen molar-refractivity contribution in [3.05, 3.63) is 47.0 Å². The van der Waals surface area contributed by atoms with Gasteiger partial charge >= 0.3 is 6.03 Å². The fraction of sp³-hybridized carbons (Fsp3) is 0.474. The van der Waals surface area contributed by atoms with Crippen molar-refractivity contribution >= 4 is 22.5 Å². The predicted octanol–water partition coefficient (Wildman–Crippen LogP) is 3.26. The lowest BCUT2D eigenvalue weighted by Crippen LogP contribution is -2.53. The van der Waals surface area contributed by atoms with Crippen LogP contribution in [0.5, 0.6) is 0 Å². The number of nitrogens with one attached hydrogen (secondary N) is 1. The van der Waals surface area contributed by atoms with Crippen LogP contribution >= 0.6 is 11.3 Å². The van der Waals surface area contributed by atoms with Gasteiger partial charge in [-0.3, -0.25) is 0 Å². The third-order valence-electron chi connectivity index (χ3n) is 4.77. The Labute approximate surface area is 153 Å². The fourth-order valence-electron chi connectivity index (χ4n) is 2.99. The molecule has 2 heterocycles. The molecule has 1 aromatic heterocycles. The first-order chi connectivity index (χ1) is 12.0. The van der Waals surface area contributed by atoms with Crippen molar-refractivity contribution in [1.29, 1.82) is 0 Å². The van der Waals surface area contributed by atoms with E-state index in [-0.39, 0.29) is 11.4 Å². The molecule has 134 valence electrons. The molecule has 0 saturated carbocycles. The number of nitrogens with zero attached hydrogens (tertiary/aromatic N) is 3. The maximum Gasteiger partial charge on any atom is 0.317 e. The second-order valence-electron chi connectivity index (χ2n) is 7.20. The smallest absolute Gasteiger partial charge is 0.317 e. The molecular formula is C19H26N4OS. The Morgan fingerprint density at radius 1 is 1.20 bits per heavy atom. The van der Waals surface area contributed by atoms with Crippen LogP contribution < -0.4 is 10.2 Å². The summed E-state index contributed by atoms with van der Waals surface area (Å²) in [4.78, 5) is 21.0.